The van der Waals surface area contributed by atoms with Crippen molar-refractivity contribution in [2.24, 2.45) is 5.92 Å². The van der Waals surface area contributed by atoms with E-state index in [1.807, 2.05) is 27.5 Å². The number of halogens is 2. The van der Waals surface area contributed by atoms with Crippen LogP contribution in [0.1, 0.15) is 62.7 Å². The van der Waals surface area contributed by atoms with Crippen molar-refractivity contribution in [3.8, 4) is 0 Å². The fraction of sp³-hybridized carbons (Fsp3) is 0.636. The second kappa shape index (κ2) is 9.73. The fourth-order valence-electron chi connectivity index (χ4n) is 4.49. The Labute approximate surface area is 186 Å². The summed E-state index contributed by atoms with van der Waals surface area (Å²) in [7, 11) is 0. The predicted octanol–water partition coefficient (Wildman–Crippen LogP) is 3.71. The van der Waals surface area contributed by atoms with E-state index in [4.69, 9.17) is 0 Å². The molecule has 2 N–H and O–H groups in total. The second-order valence-corrected chi connectivity index (χ2v) is 10.2. The highest BCUT2D eigenvalue weighted by Crippen LogP contribution is 2.28. The van der Waals surface area contributed by atoms with Crippen LogP contribution in [0.15, 0.2) is 18.2 Å². The van der Waals surface area contributed by atoms with E-state index in [1.165, 1.54) is 12.1 Å². The number of likely N-dealkylation sites (tertiary alicyclic amines) is 1. The van der Waals surface area contributed by atoms with E-state index in [2.05, 4.69) is 24.5 Å². The molecule has 7 heteroatoms. The lowest BCUT2D eigenvalue weighted by Gasteiger charge is -2.33. The van der Waals surface area contributed by atoms with E-state index in [0.717, 1.165) is 45.1 Å². The lowest BCUT2D eigenvalue weighted by Crippen LogP contribution is -2.48. The van der Waals surface area contributed by atoms with E-state index >= 15 is 0 Å². The number of hydrogen-bond donors (Lipinski definition) is 2. The predicted molar refractivity (Wildman–Crippen MR) is 120 cm³/mol. The van der Waals surface area contributed by atoms with Gasteiger partial charge in [0.05, 0.1) is 6.54 Å². The molecule has 29 heavy (non-hydrogen) atoms. The summed E-state index contributed by atoms with van der Waals surface area (Å²) in [5.74, 6) is 0.0199. The summed E-state index contributed by atoms with van der Waals surface area (Å²) < 4.78 is 14.2. The second-order valence-electron chi connectivity index (χ2n) is 8.93. The van der Waals surface area contributed by atoms with Gasteiger partial charge in [-0.3, -0.25) is 9.59 Å². The molecular formula is C22H31FIN3O2. The Morgan fingerprint density at radius 1 is 1.21 bits per heavy atom. The maximum absolute atomic E-state index is 13.5. The van der Waals surface area contributed by atoms with Crippen LogP contribution in [0.5, 0.6) is 0 Å². The highest BCUT2D eigenvalue weighted by molar-refractivity contribution is 14.1. The molecule has 1 saturated carbocycles. The number of benzene rings is 1. The van der Waals surface area contributed by atoms with Crippen LogP contribution in [0.25, 0.3) is 0 Å². The number of hydrogen-bond acceptors (Lipinski definition) is 3. The largest absolute Gasteiger partial charge is 0.352 e. The molecule has 2 fully saturated rings. The van der Waals surface area contributed by atoms with Crippen molar-refractivity contribution >= 4 is 34.4 Å². The average molecular weight is 515 g/mol. The van der Waals surface area contributed by atoms with Gasteiger partial charge in [0.1, 0.15) is 5.82 Å². The fourth-order valence-corrected chi connectivity index (χ4v) is 5.12. The first kappa shape index (κ1) is 22.5. The Morgan fingerprint density at radius 3 is 2.55 bits per heavy atom. The number of carbonyl (C=O) groups excluding carboxylic acids is 2. The van der Waals surface area contributed by atoms with Crippen molar-refractivity contribution in [3.05, 3.63) is 33.1 Å². The molecule has 2 amide bonds. The number of rotatable bonds is 6. The zero-order valence-corrected chi connectivity index (χ0v) is 19.4. The summed E-state index contributed by atoms with van der Waals surface area (Å²) in [5.41, 5.74) is 0.349. The van der Waals surface area contributed by atoms with Crippen LogP contribution in [0.4, 0.5) is 4.39 Å². The van der Waals surface area contributed by atoms with Crippen molar-refractivity contribution in [3.63, 3.8) is 0 Å². The van der Waals surface area contributed by atoms with Crippen molar-refractivity contribution in [2.45, 2.75) is 64.0 Å². The highest BCUT2D eigenvalue weighted by atomic mass is 127. The molecule has 160 valence electrons. The van der Waals surface area contributed by atoms with Crippen LogP contribution in [0, 0.1) is 15.3 Å². The van der Waals surface area contributed by atoms with Gasteiger partial charge in [-0.05, 0) is 99.1 Å². The van der Waals surface area contributed by atoms with Crippen LogP contribution in [-0.2, 0) is 4.79 Å². The molecule has 0 atom stereocenters. The Bertz CT molecular complexity index is 727. The standard InChI is InChI=1S/C22H31FIN3O2/c1-22(2)8-3-9-27(22)20(28)14-25-19-6-4-15(5-7-19)13-26-21(29)16-10-17(23)12-18(24)11-16/h10-12,15,19,25H,3-9,13-14H2,1-2H3,(H,26,29)/t15-,19+. The van der Waals surface area contributed by atoms with Gasteiger partial charge in [0.25, 0.3) is 5.91 Å². The summed E-state index contributed by atoms with van der Waals surface area (Å²) in [5, 5.41) is 6.38. The van der Waals surface area contributed by atoms with Crippen molar-refractivity contribution < 1.29 is 14.0 Å². The smallest absolute Gasteiger partial charge is 0.251 e. The molecular weight excluding hydrogens is 484 g/mol. The number of nitrogens with zero attached hydrogens (tertiary/aromatic N) is 1. The van der Waals surface area contributed by atoms with Gasteiger partial charge < -0.3 is 15.5 Å². The third kappa shape index (κ3) is 6.13. The summed E-state index contributed by atoms with van der Waals surface area (Å²) in [6.45, 7) is 6.17. The van der Waals surface area contributed by atoms with Crippen LogP contribution in [-0.4, -0.2) is 47.9 Å². The lowest BCUT2D eigenvalue weighted by molar-refractivity contribution is -0.133. The third-order valence-electron chi connectivity index (χ3n) is 6.27. The minimum atomic E-state index is -0.388. The maximum atomic E-state index is 13.5. The Hall–Kier alpha value is -1.22. The summed E-state index contributed by atoms with van der Waals surface area (Å²) in [6, 6.07) is 4.73. The van der Waals surface area contributed by atoms with Gasteiger partial charge in [-0.1, -0.05) is 0 Å². The lowest BCUT2D eigenvalue weighted by atomic mass is 9.86. The molecule has 1 saturated heterocycles. The van der Waals surface area contributed by atoms with Gasteiger partial charge in [0.2, 0.25) is 5.91 Å². The number of nitrogens with one attached hydrogen (secondary N) is 2. The minimum Gasteiger partial charge on any atom is -0.352 e. The molecule has 0 spiro atoms. The van der Waals surface area contributed by atoms with Gasteiger partial charge in [-0.2, -0.15) is 0 Å². The maximum Gasteiger partial charge on any atom is 0.251 e. The molecule has 5 nitrogen and oxygen atoms in total. The summed E-state index contributed by atoms with van der Waals surface area (Å²) >= 11 is 2.01. The van der Waals surface area contributed by atoms with Crippen LogP contribution >= 0.6 is 22.6 Å². The van der Waals surface area contributed by atoms with Crippen molar-refractivity contribution in [1.82, 2.24) is 15.5 Å². The first-order valence-electron chi connectivity index (χ1n) is 10.5. The normalized spacial score (nSPS) is 23.8. The Morgan fingerprint density at radius 2 is 1.93 bits per heavy atom. The van der Waals surface area contributed by atoms with Gasteiger partial charge in [-0.25, -0.2) is 4.39 Å². The molecule has 0 aromatic heterocycles. The monoisotopic (exact) mass is 515 g/mol. The number of carbonyl (C=O) groups is 2. The first-order valence-corrected chi connectivity index (χ1v) is 11.6. The van der Waals surface area contributed by atoms with Crippen LogP contribution in [0.2, 0.25) is 0 Å². The van der Waals surface area contributed by atoms with E-state index in [1.54, 1.807) is 6.07 Å². The van der Waals surface area contributed by atoms with Crippen molar-refractivity contribution in [1.29, 1.82) is 0 Å². The zero-order chi connectivity index (χ0) is 21.0. The molecule has 1 heterocycles. The van der Waals surface area contributed by atoms with Gasteiger partial charge in [0.15, 0.2) is 0 Å². The molecule has 0 radical (unpaired) electrons. The third-order valence-corrected chi connectivity index (χ3v) is 6.89. The first-order chi connectivity index (χ1) is 13.7. The van der Waals surface area contributed by atoms with Crippen molar-refractivity contribution in [2.75, 3.05) is 19.6 Å². The minimum absolute atomic E-state index is 0.0195. The highest BCUT2D eigenvalue weighted by Gasteiger charge is 2.35. The summed E-state index contributed by atoms with van der Waals surface area (Å²) in [4.78, 5) is 26.8. The molecule has 1 aromatic carbocycles. The van der Waals surface area contributed by atoms with Gasteiger partial charge >= 0.3 is 0 Å². The Balaban J connectivity index is 1.37. The number of amides is 2. The quantitative estimate of drug-likeness (QED) is 0.569. The van der Waals surface area contributed by atoms with Gasteiger partial charge in [-0.15, -0.1) is 0 Å². The molecule has 1 aliphatic heterocycles. The molecule has 1 aromatic rings. The molecule has 3 rings (SSSR count). The van der Waals surface area contributed by atoms with E-state index in [-0.39, 0.29) is 23.2 Å². The van der Waals surface area contributed by atoms with E-state index in [0.29, 0.717) is 34.2 Å². The van der Waals surface area contributed by atoms with E-state index in [9.17, 15) is 14.0 Å². The van der Waals surface area contributed by atoms with Crippen LogP contribution in [0.3, 0.4) is 0 Å². The summed E-state index contributed by atoms with van der Waals surface area (Å²) in [6.07, 6.45) is 6.21. The SMILES string of the molecule is CC1(C)CCCN1C(=O)CN[C@H]1CC[C@@H](CNC(=O)c2cc(F)cc(I)c2)CC1. The topological polar surface area (TPSA) is 61.4 Å². The molecule has 2 aliphatic rings. The Kier molecular flexibility index (Phi) is 7.53. The van der Waals surface area contributed by atoms with Gasteiger partial charge in [0, 0.05) is 33.8 Å². The average Bonchev–Trinajstić information content (AvgIpc) is 3.03. The zero-order valence-electron chi connectivity index (χ0n) is 17.3. The molecule has 0 bridgehead atoms. The van der Waals surface area contributed by atoms with Crippen LogP contribution < -0.4 is 10.6 Å². The molecule has 0 unspecified atom stereocenters. The van der Waals surface area contributed by atoms with E-state index < -0.39 is 0 Å². The molecule has 1 aliphatic carbocycles.